The minimum atomic E-state index is -0.801. The van der Waals surface area contributed by atoms with Gasteiger partial charge in [0.25, 0.3) is 0 Å². The van der Waals surface area contributed by atoms with Crippen molar-refractivity contribution in [1.82, 2.24) is 9.97 Å². The molecule has 6 nitrogen and oxygen atoms in total. The molecule has 0 aliphatic rings. The molecule has 0 saturated carbocycles. The van der Waals surface area contributed by atoms with E-state index in [0.717, 1.165) is 56.4 Å². The van der Waals surface area contributed by atoms with E-state index in [1.165, 1.54) is 38.5 Å². The van der Waals surface area contributed by atoms with E-state index in [2.05, 4.69) is 16.9 Å². The smallest absolute Gasteiger partial charge is 0.311 e. The zero-order chi connectivity index (χ0) is 25.1. The van der Waals surface area contributed by atoms with Gasteiger partial charge in [-0.05, 0) is 49.9 Å². The quantitative estimate of drug-likeness (QED) is 0.197. The maximum Gasteiger partial charge on any atom is 0.311 e. The van der Waals surface area contributed by atoms with Crippen LogP contribution in [-0.4, -0.2) is 41.4 Å². The molecule has 1 N–H and O–H groups in total. The van der Waals surface area contributed by atoms with Crippen molar-refractivity contribution in [3.63, 3.8) is 0 Å². The van der Waals surface area contributed by atoms with Gasteiger partial charge >= 0.3 is 5.97 Å². The Bertz CT molecular complexity index is 808. The highest BCUT2D eigenvalue weighted by Crippen LogP contribution is 2.25. The molecule has 0 bridgehead atoms. The molecule has 0 radical (unpaired) electrons. The lowest BCUT2D eigenvalue weighted by molar-refractivity contribution is -0.139. The van der Waals surface area contributed by atoms with Crippen LogP contribution in [0.25, 0.3) is 11.4 Å². The van der Waals surface area contributed by atoms with Gasteiger partial charge in [0.05, 0.1) is 12.5 Å². The molecule has 1 aromatic heterocycles. The SMILES string of the molecule is CCCCCCCCCCC(C(=O)O)c1cnc(-c2ccc(OCCCCCCOC)cc2)nc1. The monoisotopic (exact) mass is 484 g/mol. The molecule has 0 spiro atoms. The van der Waals surface area contributed by atoms with Crippen LogP contribution in [0.1, 0.15) is 102 Å². The van der Waals surface area contributed by atoms with Crippen LogP contribution in [0.5, 0.6) is 5.75 Å². The van der Waals surface area contributed by atoms with Crippen molar-refractivity contribution in [3.05, 3.63) is 42.2 Å². The fourth-order valence-corrected chi connectivity index (χ4v) is 4.17. The molecule has 1 aromatic carbocycles. The van der Waals surface area contributed by atoms with Crippen LogP contribution in [0.4, 0.5) is 0 Å². The zero-order valence-corrected chi connectivity index (χ0v) is 21.7. The second-order valence-electron chi connectivity index (χ2n) is 9.27. The molecular weight excluding hydrogens is 440 g/mol. The molecular formula is C29H44N2O4. The fraction of sp³-hybridized carbons (Fsp3) is 0.621. The molecule has 2 rings (SSSR count). The number of carboxylic acids is 1. The predicted molar refractivity (Wildman–Crippen MR) is 141 cm³/mol. The molecule has 1 heterocycles. The van der Waals surface area contributed by atoms with Crippen molar-refractivity contribution in [1.29, 1.82) is 0 Å². The summed E-state index contributed by atoms with van der Waals surface area (Å²) in [6.07, 6.45) is 18.0. The number of aromatic nitrogens is 2. The van der Waals surface area contributed by atoms with E-state index < -0.39 is 11.9 Å². The van der Waals surface area contributed by atoms with E-state index in [9.17, 15) is 9.90 Å². The number of nitrogens with zero attached hydrogens (tertiary/aromatic N) is 2. The summed E-state index contributed by atoms with van der Waals surface area (Å²) in [5.41, 5.74) is 1.56. The van der Waals surface area contributed by atoms with E-state index >= 15 is 0 Å². The normalized spacial score (nSPS) is 11.9. The number of benzene rings is 1. The number of unbranched alkanes of at least 4 members (excludes halogenated alkanes) is 10. The molecule has 0 fully saturated rings. The molecule has 0 saturated heterocycles. The van der Waals surface area contributed by atoms with Crippen molar-refractivity contribution >= 4 is 5.97 Å². The van der Waals surface area contributed by atoms with Gasteiger partial charge in [-0.3, -0.25) is 4.79 Å². The van der Waals surface area contributed by atoms with Crippen molar-refractivity contribution < 1.29 is 19.4 Å². The van der Waals surface area contributed by atoms with Crippen molar-refractivity contribution in [2.24, 2.45) is 0 Å². The Balaban J connectivity index is 1.77. The van der Waals surface area contributed by atoms with Gasteiger partial charge in [0.1, 0.15) is 5.75 Å². The summed E-state index contributed by atoms with van der Waals surface area (Å²) in [4.78, 5) is 20.7. The third-order valence-electron chi connectivity index (χ3n) is 6.34. The second kappa shape index (κ2) is 17.9. The lowest BCUT2D eigenvalue weighted by atomic mass is 9.95. The van der Waals surface area contributed by atoms with E-state index in [4.69, 9.17) is 9.47 Å². The number of methoxy groups -OCH3 is 1. The molecule has 2 aromatic rings. The van der Waals surface area contributed by atoms with Crippen LogP contribution < -0.4 is 4.74 Å². The summed E-state index contributed by atoms with van der Waals surface area (Å²) in [6, 6.07) is 7.75. The first kappa shape index (κ1) is 28.8. The van der Waals surface area contributed by atoms with Crippen LogP contribution in [0.15, 0.2) is 36.7 Å². The lowest BCUT2D eigenvalue weighted by Crippen LogP contribution is -2.12. The minimum absolute atomic E-state index is 0.547. The summed E-state index contributed by atoms with van der Waals surface area (Å²) < 4.78 is 10.9. The van der Waals surface area contributed by atoms with Crippen molar-refractivity contribution in [2.75, 3.05) is 20.3 Å². The van der Waals surface area contributed by atoms with Gasteiger partial charge in [-0.1, -0.05) is 64.7 Å². The summed E-state index contributed by atoms with van der Waals surface area (Å²) in [6.45, 7) is 3.75. The molecule has 0 aliphatic heterocycles. The van der Waals surface area contributed by atoms with Gasteiger partial charge in [0, 0.05) is 37.2 Å². The fourth-order valence-electron chi connectivity index (χ4n) is 4.17. The van der Waals surface area contributed by atoms with Crippen molar-refractivity contribution in [2.45, 2.75) is 96.3 Å². The lowest BCUT2D eigenvalue weighted by Gasteiger charge is -2.12. The van der Waals surface area contributed by atoms with Crippen LogP contribution in [0.2, 0.25) is 0 Å². The standard InChI is InChI=1S/C29H44N2O4/c1-3-4-5-6-7-8-9-12-15-27(29(32)33)25-22-30-28(31-23-25)24-16-18-26(19-17-24)35-21-14-11-10-13-20-34-2/h16-19,22-23,27H,3-15,20-21H2,1-2H3,(H,32,33). The highest BCUT2D eigenvalue weighted by atomic mass is 16.5. The zero-order valence-electron chi connectivity index (χ0n) is 21.7. The topological polar surface area (TPSA) is 81.5 Å². The van der Waals surface area contributed by atoms with E-state index in [-0.39, 0.29) is 0 Å². The first-order valence-corrected chi connectivity index (χ1v) is 13.4. The van der Waals surface area contributed by atoms with Gasteiger partial charge in [-0.15, -0.1) is 0 Å². The third-order valence-corrected chi connectivity index (χ3v) is 6.34. The Labute approximate surface area is 211 Å². The molecule has 0 amide bonds. The number of carbonyl (C=O) groups is 1. The molecule has 194 valence electrons. The molecule has 35 heavy (non-hydrogen) atoms. The maximum atomic E-state index is 11.8. The molecule has 6 heteroatoms. The van der Waals surface area contributed by atoms with Gasteiger partial charge < -0.3 is 14.6 Å². The average Bonchev–Trinajstić information content (AvgIpc) is 2.88. The number of hydrogen-bond donors (Lipinski definition) is 1. The number of ether oxygens (including phenoxy) is 2. The Morgan fingerprint density at radius 1 is 0.829 bits per heavy atom. The van der Waals surface area contributed by atoms with Gasteiger partial charge in [0.15, 0.2) is 5.82 Å². The van der Waals surface area contributed by atoms with E-state index in [0.29, 0.717) is 24.4 Å². The number of carboxylic acid groups (broad SMARTS) is 1. The third kappa shape index (κ3) is 11.7. The highest BCUT2D eigenvalue weighted by Gasteiger charge is 2.20. The first-order chi connectivity index (χ1) is 17.2. The predicted octanol–water partition coefficient (Wildman–Crippen LogP) is 7.43. The first-order valence-electron chi connectivity index (χ1n) is 13.4. The largest absolute Gasteiger partial charge is 0.494 e. The van der Waals surface area contributed by atoms with E-state index in [1.807, 2.05) is 24.3 Å². The van der Waals surface area contributed by atoms with Crippen LogP contribution in [0, 0.1) is 0 Å². The number of hydrogen-bond acceptors (Lipinski definition) is 5. The minimum Gasteiger partial charge on any atom is -0.494 e. The summed E-state index contributed by atoms with van der Waals surface area (Å²) >= 11 is 0. The Kier molecular flexibility index (Phi) is 14.7. The van der Waals surface area contributed by atoms with Gasteiger partial charge in [-0.2, -0.15) is 0 Å². The summed E-state index contributed by atoms with van der Waals surface area (Å²) in [5.74, 6) is 0.0761. The van der Waals surface area contributed by atoms with Crippen LogP contribution in [0.3, 0.4) is 0 Å². The molecule has 0 aliphatic carbocycles. The Morgan fingerprint density at radius 2 is 1.40 bits per heavy atom. The number of rotatable bonds is 20. The average molecular weight is 485 g/mol. The molecule has 1 atom stereocenters. The molecule has 1 unspecified atom stereocenters. The number of aliphatic carboxylic acids is 1. The van der Waals surface area contributed by atoms with Gasteiger partial charge in [0.2, 0.25) is 0 Å². The van der Waals surface area contributed by atoms with E-state index in [1.54, 1.807) is 19.5 Å². The summed E-state index contributed by atoms with van der Waals surface area (Å²) in [7, 11) is 1.73. The maximum absolute atomic E-state index is 11.8. The van der Waals surface area contributed by atoms with Crippen molar-refractivity contribution in [3.8, 4) is 17.1 Å². The summed E-state index contributed by atoms with van der Waals surface area (Å²) in [5, 5.41) is 9.71. The Hall–Kier alpha value is -2.47. The second-order valence-corrected chi connectivity index (χ2v) is 9.27. The Morgan fingerprint density at radius 3 is 2.00 bits per heavy atom. The highest BCUT2D eigenvalue weighted by molar-refractivity contribution is 5.75. The van der Waals surface area contributed by atoms with Crippen LogP contribution >= 0.6 is 0 Å². The van der Waals surface area contributed by atoms with Gasteiger partial charge in [-0.25, -0.2) is 9.97 Å². The van der Waals surface area contributed by atoms with Crippen LogP contribution in [-0.2, 0) is 9.53 Å².